The van der Waals surface area contributed by atoms with Crippen molar-refractivity contribution in [2.75, 3.05) is 25.6 Å². The summed E-state index contributed by atoms with van der Waals surface area (Å²) in [6.45, 7) is 8.82. The number of hydrogen-bond donors (Lipinski definition) is 1. The molecule has 0 aromatic carbocycles. The van der Waals surface area contributed by atoms with Gasteiger partial charge < -0.3 is 14.8 Å². The fraction of sp³-hybridized carbons (Fsp3) is 0.688. The van der Waals surface area contributed by atoms with Crippen molar-refractivity contribution in [2.24, 2.45) is 11.3 Å². The molecule has 1 aliphatic rings. The van der Waals surface area contributed by atoms with Crippen molar-refractivity contribution < 1.29 is 9.47 Å². The third-order valence-corrected chi connectivity index (χ3v) is 4.21. The highest BCUT2D eigenvalue weighted by Gasteiger charge is 2.37. The Kier molecular flexibility index (Phi) is 4.50. The van der Waals surface area contributed by atoms with Crippen LogP contribution in [0.15, 0.2) is 12.4 Å². The quantitative estimate of drug-likeness (QED) is 0.910. The van der Waals surface area contributed by atoms with Gasteiger partial charge in [-0.3, -0.25) is 0 Å². The second kappa shape index (κ2) is 6.41. The average molecular weight is 319 g/mol. The Bertz CT molecular complexity index is 664. The van der Waals surface area contributed by atoms with Crippen molar-refractivity contribution in [3.63, 3.8) is 0 Å². The van der Waals surface area contributed by atoms with Gasteiger partial charge in [-0.25, -0.2) is 4.98 Å². The molecule has 1 aliphatic heterocycles. The zero-order valence-corrected chi connectivity index (χ0v) is 14.2. The normalized spacial score (nSPS) is 21.9. The van der Waals surface area contributed by atoms with Crippen LogP contribution >= 0.6 is 0 Å². The molecule has 2 aromatic rings. The van der Waals surface area contributed by atoms with Gasteiger partial charge in [0.05, 0.1) is 18.4 Å². The average Bonchev–Trinajstić information content (AvgIpc) is 3.13. The van der Waals surface area contributed by atoms with Gasteiger partial charge in [-0.05, 0) is 11.8 Å². The second-order valence-corrected chi connectivity index (χ2v) is 7.12. The summed E-state index contributed by atoms with van der Waals surface area (Å²) in [5, 5.41) is 7.74. The number of aromatic nitrogens is 4. The Balaban J connectivity index is 1.77. The van der Waals surface area contributed by atoms with E-state index in [2.05, 4.69) is 41.2 Å². The molecule has 0 spiro atoms. The number of rotatable bonds is 5. The standard InChI is InChI=1S/C16H25N5O2/c1-16(2,3)14-11(5-6-23-14)8-17-13-7-12(9-22-4)20-15-18-10-19-21(13)15/h7,10-11,14,17H,5-6,8-9H2,1-4H3/t11-,14+/m1/s1. The Hall–Kier alpha value is -1.73. The molecule has 0 radical (unpaired) electrons. The maximum absolute atomic E-state index is 5.95. The van der Waals surface area contributed by atoms with Crippen molar-refractivity contribution >= 4 is 11.6 Å². The first-order valence-electron chi connectivity index (χ1n) is 8.03. The van der Waals surface area contributed by atoms with Crippen LogP contribution in [0.4, 0.5) is 5.82 Å². The van der Waals surface area contributed by atoms with Crippen molar-refractivity contribution in [3.05, 3.63) is 18.1 Å². The van der Waals surface area contributed by atoms with E-state index in [9.17, 15) is 0 Å². The molecule has 1 saturated heterocycles. The number of nitrogens with one attached hydrogen (secondary N) is 1. The van der Waals surface area contributed by atoms with E-state index in [0.29, 0.717) is 18.3 Å². The predicted molar refractivity (Wildman–Crippen MR) is 87.3 cm³/mol. The molecule has 0 bridgehead atoms. The Morgan fingerprint density at radius 3 is 3.00 bits per heavy atom. The Labute approximate surface area is 136 Å². The minimum Gasteiger partial charge on any atom is -0.378 e. The third kappa shape index (κ3) is 3.45. The Morgan fingerprint density at radius 2 is 2.26 bits per heavy atom. The van der Waals surface area contributed by atoms with E-state index in [1.807, 2.05) is 6.07 Å². The first kappa shape index (κ1) is 16.1. The summed E-state index contributed by atoms with van der Waals surface area (Å²) in [4.78, 5) is 8.60. The molecule has 7 heteroatoms. The lowest BCUT2D eigenvalue weighted by molar-refractivity contribution is 0.00955. The van der Waals surface area contributed by atoms with E-state index in [1.165, 1.54) is 6.33 Å². The monoisotopic (exact) mass is 319 g/mol. The van der Waals surface area contributed by atoms with Gasteiger partial charge in [0.2, 0.25) is 0 Å². The molecule has 2 atom stereocenters. The van der Waals surface area contributed by atoms with Gasteiger partial charge in [0.25, 0.3) is 5.78 Å². The first-order chi connectivity index (χ1) is 11.0. The van der Waals surface area contributed by atoms with Crippen LogP contribution in [0.5, 0.6) is 0 Å². The van der Waals surface area contributed by atoms with Crippen molar-refractivity contribution in [1.82, 2.24) is 19.6 Å². The van der Waals surface area contributed by atoms with E-state index in [0.717, 1.165) is 31.1 Å². The van der Waals surface area contributed by atoms with Crippen molar-refractivity contribution in [3.8, 4) is 0 Å². The summed E-state index contributed by atoms with van der Waals surface area (Å²) >= 11 is 0. The van der Waals surface area contributed by atoms with Gasteiger partial charge >= 0.3 is 0 Å². The molecule has 3 heterocycles. The highest BCUT2D eigenvalue weighted by molar-refractivity contribution is 5.44. The number of nitrogens with zero attached hydrogens (tertiary/aromatic N) is 4. The van der Waals surface area contributed by atoms with Crippen molar-refractivity contribution in [2.45, 2.75) is 39.9 Å². The van der Waals surface area contributed by atoms with Gasteiger partial charge in [-0.1, -0.05) is 20.8 Å². The molecular weight excluding hydrogens is 294 g/mol. The zero-order valence-electron chi connectivity index (χ0n) is 14.2. The second-order valence-electron chi connectivity index (χ2n) is 7.12. The summed E-state index contributed by atoms with van der Waals surface area (Å²) in [5.41, 5.74) is 0.982. The van der Waals surface area contributed by atoms with Crippen molar-refractivity contribution in [1.29, 1.82) is 0 Å². The summed E-state index contributed by atoms with van der Waals surface area (Å²) in [6, 6.07) is 1.97. The predicted octanol–water partition coefficient (Wildman–Crippen LogP) is 2.13. The van der Waals surface area contributed by atoms with Crippen LogP contribution in [0, 0.1) is 11.3 Å². The van der Waals surface area contributed by atoms with Crippen LogP contribution in [0.25, 0.3) is 5.78 Å². The van der Waals surface area contributed by atoms with Gasteiger partial charge in [0, 0.05) is 32.2 Å². The summed E-state index contributed by atoms with van der Waals surface area (Å²) in [5.74, 6) is 1.95. The zero-order chi connectivity index (χ0) is 16.4. The lowest BCUT2D eigenvalue weighted by Crippen LogP contribution is -2.35. The fourth-order valence-corrected chi connectivity index (χ4v) is 3.24. The topological polar surface area (TPSA) is 73.6 Å². The molecule has 0 amide bonds. The lowest BCUT2D eigenvalue weighted by Gasteiger charge is -2.31. The third-order valence-electron chi connectivity index (χ3n) is 4.21. The maximum Gasteiger partial charge on any atom is 0.254 e. The van der Waals surface area contributed by atoms with E-state index in [-0.39, 0.29) is 11.5 Å². The maximum atomic E-state index is 5.95. The van der Waals surface area contributed by atoms with Gasteiger partial charge in [-0.2, -0.15) is 14.6 Å². The smallest absolute Gasteiger partial charge is 0.254 e. The Morgan fingerprint density at radius 1 is 1.43 bits per heavy atom. The minimum atomic E-state index is 0.144. The molecule has 126 valence electrons. The molecule has 23 heavy (non-hydrogen) atoms. The van der Waals surface area contributed by atoms with Crippen LogP contribution in [0.3, 0.4) is 0 Å². The van der Waals surface area contributed by atoms with Crippen LogP contribution in [0.1, 0.15) is 32.9 Å². The largest absolute Gasteiger partial charge is 0.378 e. The molecule has 1 fully saturated rings. The number of hydrogen-bond acceptors (Lipinski definition) is 6. The minimum absolute atomic E-state index is 0.144. The van der Waals surface area contributed by atoms with Crippen LogP contribution in [-0.2, 0) is 16.1 Å². The summed E-state index contributed by atoms with van der Waals surface area (Å²) in [7, 11) is 1.66. The summed E-state index contributed by atoms with van der Waals surface area (Å²) < 4.78 is 12.8. The van der Waals surface area contributed by atoms with E-state index < -0.39 is 0 Å². The number of ether oxygens (including phenoxy) is 2. The van der Waals surface area contributed by atoms with E-state index in [1.54, 1.807) is 11.6 Å². The molecule has 3 rings (SSSR count). The van der Waals surface area contributed by atoms with E-state index in [4.69, 9.17) is 9.47 Å². The molecule has 0 saturated carbocycles. The van der Waals surface area contributed by atoms with E-state index >= 15 is 0 Å². The number of fused-ring (bicyclic) bond motifs is 1. The molecule has 1 N–H and O–H groups in total. The lowest BCUT2D eigenvalue weighted by atomic mass is 9.81. The van der Waals surface area contributed by atoms with Gasteiger partial charge in [0.1, 0.15) is 12.1 Å². The molecule has 7 nitrogen and oxygen atoms in total. The number of methoxy groups -OCH3 is 1. The van der Waals surface area contributed by atoms with Crippen LogP contribution < -0.4 is 5.32 Å². The van der Waals surface area contributed by atoms with Crippen LogP contribution in [-0.4, -0.2) is 45.9 Å². The molecule has 2 aromatic heterocycles. The molecule has 0 aliphatic carbocycles. The number of anilines is 1. The fourth-order valence-electron chi connectivity index (χ4n) is 3.24. The molecule has 0 unspecified atom stereocenters. The molecular formula is C16H25N5O2. The SMILES string of the molecule is COCc1cc(NC[C@H]2CCO[C@@H]2C(C)(C)C)n2ncnc2n1. The highest BCUT2D eigenvalue weighted by atomic mass is 16.5. The van der Waals surface area contributed by atoms with Crippen LogP contribution in [0.2, 0.25) is 0 Å². The van der Waals surface area contributed by atoms with Gasteiger partial charge in [0.15, 0.2) is 0 Å². The van der Waals surface area contributed by atoms with Gasteiger partial charge in [-0.15, -0.1) is 0 Å². The highest BCUT2D eigenvalue weighted by Crippen LogP contribution is 2.34. The summed E-state index contributed by atoms with van der Waals surface area (Å²) in [6.07, 6.45) is 2.85. The first-order valence-corrected chi connectivity index (χ1v) is 8.03.